The third-order valence-electron chi connectivity index (χ3n) is 12.1. The molecule has 69 heavy (non-hydrogen) atoms. The number of imidazole rings is 1. The van der Waals surface area contributed by atoms with Crippen LogP contribution < -0.4 is 23.6 Å². The van der Waals surface area contributed by atoms with Gasteiger partial charge in [-0.2, -0.15) is 18.2 Å². The van der Waals surface area contributed by atoms with Crippen molar-refractivity contribution in [3.63, 3.8) is 0 Å². The molecule has 9 heteroatoms. The van der Waals surface area contributed by atoms with Crippen LogP contribution in [0, 0.1) is 18.5 Å². The van der Waals surface area contributed by atoms with Crippen LogP contribution in [-0.4, -0.2) is 16.7 Å². The molecule has 0 saturated heterocycles. The molecule has 0 aliphatic carbocycles. The summed E-state index contributed by atoms with van der Waals surface area (Å²) < 4.78 is 104. The number of hydrogen-bond donors (Lipinski definition) is 0. The maximum absolute atomic E-state index is 9.05. The molecule has 0 radical (unpaired) electrons. The van der Waals surface area contributed by atoms with E-state index in [4.69, 9.17) is 28.1 Å². The van der Waals surface area contributed by atoms with Crippen LogP contribution >= 0.6 is 0 Å². The molecule has 0 amide bonds. The molecule has 0 bridgehead atoms. The van der Waals surface area contributed by atoms with E-state index in [-0.39, 0.29) is 49.0 Å². The van der Waals surface area contributed by atoms with Crippen molar-refractivity contribution in [2.75, 3.05) is 9.62 Å². The molecule has 13 rings (SSSR count). The Bertz CT molecular complexity index is 4170. The molecule has 4 heterocycles. The zero-order valence-electron chi connectivity index (χ0n) is 46.1. The van der Waals surface area contributed by atoms with Crippen molar-refractivity contribution >= 4 is 41.1 Å². The average molecular weight is 1080 g/mol. The molecule has 330 valence electrons. The van der Waals surface area contributed by atoms with Crippen LogP contribution in [0.1, 0.15) is 13.7 Å². The predicted octanol–water partition coefficient (Wildman–Crippen LogP) is 13.8. The van der Waals surface area contributed by atoms with Gasteiger partial charge in [-0.05, 0) is 63.3 Å². The van der Waals surface area contributed by atoms with E-state index < -0.39 is 67.6 Å². The molecule has 2 aliphatic rings. The third-order valence-corrected chi connectivity index (χ3v) is 12.1. The maximum atomic E-state index is 9.05. The smallest absolute Gasteiger partial charge is 0.522 e. The average Bonchev–Trinajstić information content (AvgIpc) is 4.08. The number of fused-ring (bicyclic) bond motifs is 10. The van der Waals surface area contributed by atoms with Gasteiger partial charge in [-0.3, -0.25) is 4.57 Å². The predicted molar refractivity (Wildman–Crippen MR) is 271 cm³/mol. The van der Waals surface area contributed by atoms with Crippen molar-refractivity contribution in [1.82, 2.24) is 9.55 Å². The number of para-hydroxylation sites is 5. The standard InChI is InChI=1S/C60H38BN5O2.Pt/c1-3-19-42(20-4-1)48-31-17-32-49(43-21-5-2-6-22-43)59(48)64-41-63(55-34-12-13-35-56(55)64)44-23-15-25-46(39-44)67-47-26-16-24-45(40-47)65-60-57(36-18-38-62-60)66-54-33-11-9-29-52(54)50-27-7-8-28-51(50)53-30-10-14-37-58(53)68-61(65)66;/h1-38H;/q-2;/i1D,2D,3D,4D,5D,6D,19D,20D,21D,22D;. The number of rotatable bonds is 7. The summed E-state index contributed by atoms with van der Waals surface area (Å²) in [6.07, 6.45) is 5.16. The minimum atomic E-state index is -0.760. The summed E-state index contributed by atoms with van der Waals surface area (Å²) in [4.78, 5) is 9.10. The number of hydrogen-bond acceptors (Lipinski definition) is 5. The number of anilines is 4. The van der Waals surface area contributed by atoms with Gasteiger partial charge in [0.15, 0.2) is 0 Å². The molecule has 2 aliphatic heterocycles. The van der Waals surface area contributed by atoms with Gasteiger partial charge < -0.3 is 23.6 Å². The SMILES string of the molecule is [2H]c1c([2H])c([2H])c(-c2cccc(-c3c([2H])c([2H])c([2H])c([2H])c3[2H])c2-[n+]2[c-]n(-c3[c-]c(Oc4[c-]c(N5B6Oc7ccccc7-c7ccccc7-c7ccccc7N6c6cccnc65)ccc4)ccc3)c3ccccc32)c([2H])c1[2H].[Pt]. The van der Waals surface area contributed by atoms with Gasteiger partial charge in [0.1, 0.15) is 11.6 Å². The molecule has 9 aromatic carbocycles. The van der Waals surface area contributed by atoms with E-state index in [9.17, 15) is 0 Å². The molecule has 2 aromatic heterocycles. The zero-order valence-corrected chi connectivity index (χ0v) is 38.4. The second-order valence-electron chi connectivity index (χ2n) is 16.0. The Kier molecular flexibility index (Phi) is 8.26. The fraction of sp³-hybridized carbons (Fsp3) is 0. The Labute approximate surface area is 429 Å². The van der Waals surface area contributed by atoms with Gasteiger partial charge in [0, 0.05) is 55.6 Å². The number of benzene rings is 9. The van der Waals surface area contributed by atoms with E-state index >= 15 is 0 Å². The minimum absolute atomic E-state index is 0. The van der Waals surface area contributed by atoms with E-state index in [0.29, 0.717) is 45.5 Å². The summed E-state index contributed by atoms with van der Waals surface area (Å²) in [7, 11) is -0.760. The third kappa shape index (κ3) is 7.29. The van der Waals surface area contributed by atoms with Crippen molar-refractivity contribution in [3.8, 4) is 73.1 Å². The monoisotopic (exact) mass is 1080 g/mol. The van der Waals surface area contributed by atoms with Gasteiger partial charge in [-0.15, -0.1) is 30.3 Å². The Hall–Kier alpha value is -8.45. The largest absolute Gasteiger partial charge is 0.628 e. The van der Waals surface area contributed by atoms with Gasteiger partial charge >= 0.3 is 7.19 Å². The molecule has 0 atom stereocenters. The summed E-state index contributed by atoms with van der Waals surface area (Å²) in [6.45, 7) is 0. The van der Waals surface area contributed by atoms with Gasteiger partial charge in [0.25, 0.3) is 6.33 Å². The molecular formula is C60H38BN5O2Pt-2. The van der Waals surface area contributed by atoms with Crippen LogP contribution in [0.2, 0.25) is 0 Å². The second kappa shape index (κ2) is 17.7. The summed E-state index contributed by atoms with van der Waals surface area (Å²) in [6, 6.07) is 53.1. The molecule has 0 unspecified atom stereocenters. The molecule has 0 saturated carbocycles. The zero-order chi connectivity index (χ0) is 53.7. The Morgan fingerprint density at radius 2 is 1.09 bits per heavy atom. The minimum Gasteiger partial charge on any atom is -0.522 e. The first-order valence-corrected chi connectivity index (χ1v) is 21.8. The quantitative estimate of drug-likeness (QED) is 0.0904. The number of pyridine rings is 1. The van der Waals surface area contributed by atoms with Gasteiger partial charge in [0.2, 0.25) is 0 Å². The van der Waals surface area contributed by atoms with Crippen LogP contribution in [0.15, 0.2) is 230 Å². The fourth-order valence-corrected chi connectivity index (χ4v) is 9.20. The second-order valence-corrected chi connectivity index (χ2v) is 16.0. The summed E-state index contributed by atoms with van der Waals surface area (Å²) in [5.41, 5.74) is 8.13. The summed E-state index contributed by atoms with van der Waals surface area (Å²) in [5, 5.41) is 0. The van der Waals surface area contributed by atoms with Crippen LogP contribution in [-0.2, 0) is 21.1 Å². The first kappa shape index (κ1) is 32.3. The maximum Gasteiger partial charge on any atom is 0.628 e. The Balaban J connectivity index is 0.00000623. The van der Waals surface area contributed by atoms with Crippen LogP contribution in [0.3, 0.4) is 0 Å². The number of nitrogens with zero attached hydrogens (tertiary/aromatic N) is 5. The van der Waals surface area contributed by atoms with Crippen molar-refractivity contribution in [1.29, 1.82) is 0 Å². The number of ether oxygens (including phenoxy) is 1. The van der Waals surface area contributed by atoms with Gasteiger partial charge in [0.05, 0.1) is 36.1 Å². The Morgan fingerprint density at radius 1 is 0.522 bits per heavy atom. The van der Waals surface area contributed by atoms with E-state index in [1.807, 2.05) is 89.7 Å². The van der Waals surface area contributed by atoms with E-state index in [1.54, 1.807) is 63.9 Å². The number of aromatic nitrogens is 3. The van der Waals surface area contributed by atoms with Crippen LogP contribution in [0.25, 0.3) is 66.9 Å². The molecule has 0 N–H and O–H groups in total. The van der Waals surface area contributed by atoms with E-state index in [1.165, 1.54) is 0 Å². The Morgan fingerprint density at radius 3 is 1.83 bits per heavy atom. The summed E-state index contributed by atoms with van der Waals surface area (Å²) >= 11 is 0. The summed E-state index contributed by atoms with van der Waals surface area (Å²) in [5.74, 6) is 2.01. The van der Waals surface area contributed by atoms with Crippen molar-refractivity contribution in [3.05, 3.63) is 249 Å². The first-order valence-electron chi connectivity index (χ1n) is 26.8. The normalized spacial score (nSPS) is 14.3. The fourth-order valence-electron chi connectivity index (χ4n) is 9.20. The van der Waals surface area contributed by atoms with Gasteiger partial charge in [-0.25, -0.2) is 4.98 Å². The molecule has 11 aromatic rings. The van der Waals surface area contributed by atoms with Crippen LogP contribution in [0.4, 0.5) is 22.9 Å². The van der Waals surface area contributed by atoms with E-state index in [0.717, 1.165) is 33.6 Å². The van der Waals surface area contributed by atoms with Crippen molar-refractivity contribution in [2.24, 2.45) is 0 Å². The molecule has 7 nitrogen and oxygen atoms in total. The van der Waals surface area contributed by atoms with E-state index in [2.05, 4.69) is 53.6 Å². The van der Waals surface area contributed by atoms with Gasteiger partial charge in [-0.1, -0.05) is 169 Å². The van der Waals surface area contributed by atoms with Crippen molar-refractivity contribution in [2.45, 2.75) is 0 Å². The van der Waals surface area contributed by atoms with Crippen LogP contribution in [0.5, 0.6) is 17.2 Å². The topological polar surface area (TPSA) is 46.6 Å². The molecule has 0 fully saturated rings. The molecular weight excluding hydrogens is 1030 g/mol. The van der Waals surface area contributed by atoms with Crippen molar-refractivity contribution < 1.29 is 48.7 Å². The molecule has 0 spiro atoms. The first-order chi connectivity index (χ1) is 37.9.